The van der Waals surface area contributed by atoms with Gasteiger partial charge in [-0.1, -0.05) is 49.9 Å². The minimum Gasteiger partial charge on any atom is -0.398 e. The number of hydrogen-bond donors (Lipinski definition) is 2. The molecule has 0 spiro atoms. The van der Waals surface area contributed by atoms with E-state index in [9.17, 15) is 0 Å². The molecule has 0 saturated carbocycles. The van der Waals surface area contributed by atoms with Crippen LogP contribution in [0.3, 0.4) is 0 Å². The maximum Gasteiger partial charge on any atom is 1.00 e. The summed E-state index contributed by atoms with van der Waals surface area (Å²) in [5.41, 5.74) is 1.06. The van der Waals surface area contributed by atoms with Gasteiger partial charge in [0.15, 0.2) is 0 Å². The van der Waals surface area contributed by atoms with E-state index in [1.54, 1.807) is 20.0 Å². The minimum atomic E-state index is -0.00926. The first-order chi connectivity index (χ1) is 8.49. The Balaban J connectivity index is -0.0000000499. The maximum atomic E-state index is 8.21. The molecule has 0 aliphatic rings. The number of nitrogens with one attached hydrogen (secondary N) is 1. The fourth-order valence-corrected chi connectivity index (χ4v) is 0.324. The molecule has 2 N–H and O–H groups in total. The predicted molar refractivity (Wildman–Crippen MR) is 86.1 cm³/mol. The monoisotopic (exact) mass is 293 g/mol. The molecule has 1 atom stereocenters. The van der Waals surface area contributed by atoms with Gasteiger partial charge < -0.3 is 31.2 Å². The molecule has 19 heavy (non-hydrogen) atoms. The number of aliphatic hydroxyl groups is 1. The average Bonchev–Trinajstić information content (AvgIpc) is 2.39. The summed E-state index contributed by atoms with van der Waals surface area (Å²) in [7, 11) is 1.76. The van der Waals surface area contributed by atoms with E-state index in [0.29, 0.717) is 0 Å². The molecule has 0 radical (unpaired) electrons. The van der Waals surface area contributed by atoms with Gasteiger partial charge in [0, 0.05) is 6.61 Å². The third-order valence-electron chi connectivity index (χ3n) is 1.15. The summed E-state index contributed by atoms with van der Waals surface area (Å²) in [6, 6.07) is -0.00926. The van der Waals surface area contributed by atoms with Crippen LogP contribution in [0, 0.1) is 20.8 Å². The van der Waals surface area contributed by atoms with Crippen LogP contribution in [0.5, 0.6) is 0 Å². The second kappa shape index (κ2) is 36.3. The Morgan fingerprint density at radius 1 is 1.42 bits per heavy atom. The molecular formula is C16H32KNO-2. The topological polar surface area (TPSA) is 32.3 Å². The number of likely N-dealkylation sites (N-methyl/N-ethyl adjacent to an activating group) is 1. The second-order valence-corrected chi connectivity index (χ2v) is 3.11. The summed E-state index contributed by atoms with van der Waals surface area (Å²) in [4.78, 5) is 0. The van der Waals surface area contributed by atoms with Crippen LogP contribution < -0.4 is 56.7 Å². The molecule has 3 heteroatoms. The van der Waals surface area contributed by atoms with Crippen molar-refractivity contribution in [2.75, 3.05) is 13.7 Å². The Kier molecular flexibility index (Phi) is 61.1. The zero-order chi connectivity index (χ0) is 15.4. The number of hydrogen-bond acceptors (Lipinski definition) is 2. The van der Waals surface area contributed by atoms with E-state index < -0.39 is 0 Å². The first kappa shape index (κ1) is 31.9. The first-order valence-corrected chi connectivity index (χ1v) is 6.05. The van der Waals surface area contributed by atoms with Crippen molar-refractivity contribution >= 4 is 0 Å². The van der Waals surface area contributed by atoms with E-state index >= 15 is 0 Å². The van der Waals surface area contributed by atoms with E-state index in [4.69, 9.17) is 5.11 Å². The van der Waals surface area contributed by atoms with E-state index in [1.807, 2.05) is 26.0 Å². The minimum absolute atomic E-state index is 0. The zero-order valence-electron chi connectivity index (χ0n) is 13.7. The second-order valence-electron chi connectivity index (χ2n) is 3.11. The zero-order valence-corrected chi connectivity index (χ0v) is 16.8. The molecule has 0 rings (SSSR count). The maximum absolute atomic E-state index is 8.21. The molecule has 0 aromatic carbocycles. The quantitative estimate of drug-likeness (QED) is 0.456. The van der Waals surface area contributed by atoms with Gasteiger partial charge in [-0.3, -0.25) is 0 Å². The normalized spacial score (nSPS) is 9.26. The van der Waals surface area contributed by atoms with Gasteiger partial charge in [0.05, 0.1) is 0 Å². The molecule has 0 unspecified atom stereocenters. The average molecular weight is 294 g/mol. The van der Waals surface area contributed by atoms with Gasteiger partial charge in [0.2, 0.25) is 0 Å². The van der Waals surface area contributed by atoms with E-state index in [-0.39, 0.29) is 64.0 Å². The van der Waals surface area contributed by atoms with Gasteiger partial charge in [-0.25, -0.2) is 0 Å². The van der Waals surface area contributed by atoms with E-state index in [0.717, 1.165) is 12.0 Å². The van der Waals surface area contributed by atoms with Crippen LogP contribution in [0.2, 0.25) is 0 Å². The molecule has 2 nitrogen and oxygen atoms in total. The van der Waals surface area contributed by atoms with Crippen LogP contribution >= 0.6 is 0 Å². The van der Waals surface area contributed by atoms with Gasteiger partial charge >= 0.3 is 51.4 Å². The molecule has 0 saturated heterocycles. The van der Waals surface area contributed by atoms with Crippen molar-refractivity contribution in [2.24, 2.45) is 0 Å². The van der Waals surface area contributed by atoms with Crippen molar-refractivity contribution < 1.29 is 56.5 Å². The molecule has 0 aliphatic carbocycles. The van der Waals surface area contributed by atoms with Crippen molar-refractivity contribution in [3.05, 3.63) is 57.7 Å². The molecule has 0 aromatic rings. The van der Waals surface area contributed by atoms with Gasteiger partial charge in [0.25, 0.3) is 0 Å². The summed E-state index contributed by atoms with van der Waals surface area (Å²) in [6.45, 7) is 23.2. The third kappa shape index (κ3) is 68.6. The van der Waals surface area contributed by atoms with Gasteiger partial charge in [-0.05, 0) is 14.0 Å². The molecule has 110 valence electrons. The van der Waals surface area contributed by atoms with Crippen LogP contribution in [0.1, 0.15) is 27.2 Å². The van der Waals surface area contributed by atoms with Gasteiger partial charge in [-0.2, -0.15) is 13.3 Å². The SMILES string of the molecule is C=C/C=C/C(=C)C.[CH2-]C.[CH2-]CC.[CH2-][C@H](CO)NC.[K+]. The fourth-order valence-electron chi connectivity index (χ4n) is 0.324. The van der Waals surface area contributed by atoms with Crippen LogP contribution in [0.25, 0.3) is 0 Å². The van der Waals surface area contributed by atoms with Gasteiger partial charge in [0.1, 0.15) is 0 Å². The summed E-state index contributed by atoms with van der Waals surface area (Å²) < 4.78 is 0. The Labute approximate surface area is 164 Å². The molecule has 0 aliphatic heterocycles. The Morgan fingerprint density at radius 3 is 1.84 bits per heavy atom. The standard InChI is InChI=1S/C7H10.C4H10NO.C3H7.C2H5.K/c1-4-5-6-7(2)3;1-4(3-6)5-2;1-3-2;1-2;/h4-6H,1-2H2,3H3;4-6H,1,3H2,2H3;1,3H2,2H3;1H2,2H3;/q;3*-1;+1/b6-5+;;;;/t;4-;;;/m.1.../s1. The van der Waals surface area contributed by atoms with Crippen LogP contribution in [-0.2, 0) is 0 Å². The number of aliphatic hydroxyl groups excluding tert-OH is 1. The molecule has 0 amide bonds. The summed E-state index contributed by atoms with van der Waals surface area (Å²) in [6.07, 6.45) is 6.50. The smallest absolute Gasteiger partial charge is 0.398 e. The van der Waals surface area contributed by atoms with Gasteiger partial charge in [-0.15, -0.1) is 0 Å². The van der Waals surface area contributed by atoms with Crippen molar-refractivity contribution in [1.29, 1.82) is 0 Å². The number of rotatable bonds is 4. The Hall–Kier alpha value is 0.776. The van der Waals surface area contributed by atoms with E-state index in [1.165, 1.54) is 0 Å². The Bertz CT molecular complexity index is 176. The van der Waals surface area contributed by atoms with Crippen molar-refractivity contribution in [3.8, 4) is 0 Å². The van der Waals surface area contributed by atoms with E-state index in [2.05, 4.69) is 39.2 Å². The molecule has 0 aromatic heterocycles. The molecule has 0 bridgehead atoms. The molecule has 0 heterocycles. The summed E-state index contributed by atoms with van der Waals surface area (Å²) in [5, 5.41) is 11.0. The largest absolute Gasteiger partial charge is 1.00 e. The summed E-state index contributed by atoms with van der Waals surface area (Å²) >= 11 is 0. The van der Waals surface area contributed by atoms with Crippen LogP contribution in [-0.4, -0.2) is 24.8 Å². The first-order valence-electron chi connectivity index (χ1n) is 6.05. The van der Waals surface area contributed by atoms with Crippen molar-refractivity contribution in [3.63, 3.8) is 0 Å². The number of allylic oxidation sites excluding steroid dienone is 4. The fraction of sp³-hybridized carbons (Fsp3) is 0.438. The Morgan fingerprint density at radius 2 is 1.79 bits per heavy atom. The molecule has 0 fully saturated rings. The van der Waals surface area contributed by atoms with Crippen LogP contribution in [0.15, 0.2) is 37.0 Å². The molecular weight excluding hydrogens is 261 g/mol. The third-order valence-corrected chi connectivity index (χ3v) is 1.15. The van der Waals surface area contributed by atoms with Crippen LogP contribution in [0.4, 0.5) is 0 Å². The van der Waals surface area contributed by atoms with Crippen molar-refractivity contribution in [1.82, 2.24) is 5.32 Å². The predicted octanol–water partition coefficient (Wildman–Crippen LogP) is 0.780. The van der Waals surface area contributed by atoms with Crippen molar-refractivity contribution in [2.45, 2.75) is 33.2 Å². The summed E-state index contributed by atoms with van der Waals surface area (Å²) in [5.74, 6) is 0.